The second-order valence-corrected chi connectivity index (χ2v) is 11.0. The zero-order valence-corrected chi connectivity index (χ0v) is 24.2. The summed E-state index contributed by atoms with van der Waals surface area (Å²) in [6, 6.07) is 13.7. The minimum absolute atomic E-state index is 0.0729. The van der Waals surface area contributed by atoms with E-state index in [4.69, 9.17) is 0 Å². The van der Waals surface area contributed by atoms with Gasteiger partial charge in [-0.25, -0.2) is 0 Å². The Morgan fingerprint density at radius 2 is 1.35 bits per heavy atom. The van der Waals surface area contributed by atoms with Gasteiger partial charge in [0.05, 0.1) is 16.4 Å². The monoisotopic (exact) mass is 566 g/mol. The van der Waals surface area contributed by atoms with Crippen molar-refractivity contribution in [3.63, 3.8) is 0 Å². The summed E-state index contributed by atoms with van der Waals surface area (Å²) in [6.07, 6.45) is 1.21. The van der Waals surface area contributed by atoms with Crippen molar-refractivity contribution in [3.8, 4) is 0 Å². The van der Waals surface area contributed by atoms with Gasteiger partial charge in [-0.2, -0.15) is 12.6 Å². The summed E-state index contributed by atoms with van der Waals surface area (Å²) < 4.78 is 0. The molecule has 0 aliphatic carbocycles. The molecule has 0 fully saturated rings. The number of rotatable bonds is 13. The van der Waals surface area contributed by atoms with E-state index in [1.165, 1.54) is 11.9 Å². The molecule has 5 amide bonds. The molecule has 0 spiro atoms. The normalized spacial score (nSPS) is 15.7. The molecule has 2 aromatic carbocycles. The van der Waals surface area contributed by atoms with Gasteiger partial charge in [0.1, 0.15) is 12.1 Å². The Bertz CT molecular complexity index is 1200. The van der Waals surface area contributed by atoms with Gasteiger partial charge in [-0.3, -0.25) is 28.9 Å². The second kappa shape index (κ2) is 14.1. The molecule has 3 N–H and O–H groups in total. The molecule has 0 radical (unpaired) electrons. The van der Waals surface area contributed by atoms with E-state index >= 15 is 0 Å². The predicted molar refractivity (Wildman–Crippen MR) is 156 cm³/mol. The van der Waals surface area contributed by atoms with E-state index in [0.717, 1.165) is 5.56 Å². The van der Waals surface area contributed by atoms with E-state index < -0.39 is 35.2 Å². The number of carbonyl (C=O) groups is 5. The van der Waals surface area contributed by atoms with Crippen LogP contribution >= 0.6 is 12.6 Å². The zero-order chi connectivity index (χ0) is 29.4. The zero-order valence-electron chi connectivity index (χ0n) is 23.3. The third-order valence-electron chi connectivity index (χ3n) is 6.96. The highest BCUT2D eigenvalue weighted by Gasteiger charge is 2.40. The summed E-state index contributed by atoms with van der Waals surface area (Å²) in [4.78, 5) is 66.2. The predicted octanol–water partition coefficient (Wildman–Crippen LogP) is 2.75. The first-order valence-electron chi connectivity index (χ1n) is 13.6. The van der Waals surface area contributed by atoms with Crippen molar-refractivity contribution in [1.82, 2.24) is 20.9 Å². The van der Waals surface area contributed by atoms with E-state index in [1.54, 1.807) is 24.3 Å². The molecule has 40 heavy (non-hydrogen) atoms. The van der Waals surface area contributed by atoms with Gasteiger partial charge in [-0.1, -0.05) is 63.2 Å². The van der Waals surface area contributed by atoms with Gasteiger partial charge in [-0.15, -0.1) is 0 Å². The molecule has 2 unspecified atom stereocenters. The Morgan fingerprint density at radius 1 is 0.800 bits per heavy atom. The van der Waals surface area contributed by atoms with E-state index in [9.17, 15) is 24.0 Å². The van der Waals surface area contributed by atoms with Gasteiger partial charge in [-0.05, 0) is 42.9 Å². The van der Waals surface area contributed by atoms with Crippen LogP contribution in [-0.4, -0.2) is 64.9 Å². The molecule has 0 aromatic heterocycles. The maximum absolute atomic E-state index is 13.3. The molecule has 1 aliphatic rings. The highest BCUT2D eigenvalue weighted by Crippen LogP contribution is 2.28. The van der Waals surface area contributed by atoms with Crippen LogP contribution < -0.4 is 16.0 Å². The second-order valence-electron chi connectivity index (χ2n) is 10.4. The van der Waals surface area contributed by atoms with E-state index in [1.807, 2.05) is 51.1 Å². The topological polar surface area (TPSA) is 125 Å². The van der Waals surface area contributed by atoms with Crippen LogP contribution in [0.5, 0.6) is 0 Å². The highest BCUT2D eigenvalue weighted by atomic mass is 32.1. The lowest BCUT2D eigenvalue weighted by atomic mass is 10.0. The number of thiol groups is 1. The third-order valence-corrected chi connectivity index (χ3v) is 7.41. The van der Waals surface area contributed by atoms with Crippen LogP contribution in [0.1, 0.15) is 66.3 Å². The maximum Gasteiger partial charge on any atom is 0.261 e. The van der Waals surface area contributed by atoms with Crippen molar-refractivity contribution in [2.75, 3.05) is 7.05 Å². The Hall–Kier alpha value is -3.66. The molecular weight excluding hydrogens is 528 g/mol. The minimum atomic E-state index is -0.899. The Balaban J connectivity index is 1.69. The quantitative estimate of drug-likeness (QED) is 0.219. The molecule has 10 heteroatoms. The minimum Gasteiger partial charge on any atom is -0.357 e. The number of fused-ring (bicyclic) bond motifs is 1. The van der Waals surface area contributed by atoms with Crippen molar-refractivity contribution in [1.29, 1.82) is 0 Å². The van der Waals surface area contributed by atoms with Gasteiger partial charge in [0.2, 0.25) is 17.7 Å². The van der Waals surface area contributed by atoms with Crippen molar-refractivity contribution >= 4 is 42.2 Å². The lowest BCUT2D eigenvalue weighted by Gasteiger charge is -2.28. The average Bonchev–Trinajstić information content (AvgIpc) is 3.20. The van der Waals surface area contributed by atoms with Crippen LogP contribution in [0.3, 0.4) is 0 Å². The fourth-order valence-electron chi connectivity index (χ4n) is 4.84. The van der Waals surface area contributed by atoms with E-state index in [2.05, 4.69) is 28.6 Å². The van der Waals surface area contributed by atoms with Gasteiger partial charge >= 0.3 is 0 Å². The maximum atomic E-state index is 13.3. The number of benzene rings is 2. The van der Waals surface area contributed by atoms with Crippen molar-refractivity contribution in [2.24, 2.45) is 5.92 Å². The summed E-state index contributed by atoms with van der Waals surface area (Å²) >= 11 is 4.49. The summed E-state index contributed by atoms with van der Waals surface area (Å²) in [5.74, 6) is -2.00. The number of hydrogen-bond donors (Lipinski definition) is 4. The standard InChI is InChI=1S/C30H38N4O5S/c1-5-20(34-29(38)21-13-9-10-14-22(21)30(34)39)17-25(40)28(37)33-23(15-18(2)3)27(36)32-24(26(35)31-4)16-19-11-7-6-8-12-19/h6-14,18,20,23-25,40H,5,15-17H2,1-4H3,(H,31,35)(H,32,36)(H,33,37)/t20?,23-,24-,25?/m0/s1. The van der Waals surface area contributed by atoms with E-state index in [-0.39, 0.29) is 30.1 Å². The molecule has 9 nitrogen and oxygen atoms in total. The molecular formula is C30H38N4O5S. The van der Waals surface area contributed by atoms with Crippen LogP contribution in [-0.2, 0) is 20.8 Å². The number of hydrogen-bond acceptors (Lipinski definition) is 6. The van der Waals surface area contributed by atoms with Crippen LogP contribution in [0.4, 0.5) is 0 Å². The van der Waals surface area contributed by atoms with Gasteiger partial charge in [0.15, 0.2) is 0 Å². The Labute approximate surface area is 240 Å². The van der Waals surface area contributed by atoms with Gasteiger partial charge in [0.25, 0.3) is 11.8 Å². The fraction of sp³-hybridized carbons (Fsp3) is 0.433. The molecule has 2 aromatic rings. The molecule has 4 atom stereocenters. The number of carbonyl (C=O) groups excluding carboxylic acids is 5. The summed E-state index contributed by atoms with van der Waals surface area (Å²) in [7, 11) is 1.50. The number of imide groups is 1. The van der Waals surface area contributed by atoms with Crippen molar-refractivity contribution < 1.29 is 24.0 Å². The SMILES string of the molecule is CCC(CC(S)C(=O)N[C@@H](CC(C)C)C(=O)N[C@@H](Cc1ccccc1)C(=O)NC)N1C(=O)c2ccccc2C1=O. The molecule has 0 saturated carbocycles. The lowest BCUT2D eigenvalue weighted by Crippen LogP contribution is -2.55. The van der Waals surface area contributed by atoms with Crippen LogP contribution in [0.25, 0.3) is 0 Å². The number of likely N-dealkylation sites (N-methyl/N-ethyl adjacent to an activating group) is 1. The van der Waals surface area contributed by atoms with Crippen LogP contribution in [0.2, 0.25) is 0 Å². The van der Waals surface area contributed by atoms with Gasteiger partial charge in [0, 0.05) is 19.5 Å². The highest BCUT2D eigenvalue weighted by molar-refractivity contribution is 7.81. The van der Waals surface area contributed by atoms with Crippen molar-refractivity contribution in [2.45, 2.75) is 69.8 Å². The number of nitrogens with one attached hydrogen (secondary N) is 3. The third kappa shape index (κ3) is 7.50. The fourth-order valence-corrected chi connectivity index (χ4v) is 5.15. The molecule has 1 heterocycles. The average molecular weight is 567 g/mol. The lowest BCUT2D eigenvalue weighted by molar-refractivity contribution is -0.132. The largest absolute Gasteiger partial charge is 0.357 e. The number of nitrogens with zero attached hydrogens (tertiary/aromatic N) is 1. The van der Waals surface area contributed by atoms with Gasteiger partial charge < -0.3 is 16.0 Å². The van der Waals surface area contributed by atoms with Crippen molar-refractivity contribution in [3.05, 3.63) is 71.3 Å². The Morgan fingerprint density at radius 3 is 1.88 bits per heavy atom. The molecule has 3 rings (SSSR count). The number of amides is 5. The molecule has 214 valence electrons. The van der Waals surface area contributed by atoms with Crippen LogP contribution in [0.15, 0.2) is 54.6 Å². The molecule has 0 saturated heterocycles. The summed E-state index contributed by atoms with van der Waals surface area (Å²) in [5, 5.41) is 7.29. The van der Waals surface area contributed by atoms with Crippen LogP contribution in [0, 0.1) is 5.92 Å². The first-order valence-corrected chi connectivity index (χ1v) is 14.1. The smallest absolute Gasteiger partial charge is 0.261 e. The van der Waals surface area contributed by atoms with E-state index in [0.29, 0.717) is 30.4 Å². The molecule has 1 aliphatic heterocycles. The first-order chi connectivity index (χ1) is 19.1. The Kier molecular flexibility index (Phi) is 10.9. The first kappa shape index (κ1) is 30.9. The molecule has 0 bridgehead atoms. The summed E-state index contributed by atoms with van der Waals surface area (Å²) in [6.45, 7) is 5.70. The summed E-state index contributed by atoms with van der Waals surface area (Å²) in [5.41, 5.74) is 1.58.